The van der Waals surface area contributed by atoms with Crippen LogP contribution in [0.5, 0.6) is 11.5 Å². The topological polar surface area (TPSA) is 59.6 Å². The van der Waals surface area contributed by atoms with Crippen LogP contribution in [0.2, 0.25) is 0 Å². The van der Waals surface area contributed by atoms with E-state index in [-0.39, 0.29) is 6.10 Å². The van der Waals surface area contributed by atoms with Gasteiger partial charge in [0.15, 0.2) is 11.5 Å². The monoisotopic (exact) mass is 315 g/mol. The van der Waals surface area contributed by atoms with E-state index in [1.54, 1.807) is 0 Å². The number of aryl methyl sites for hydroxylation is 1. The largest absolute Gasteiger partial charge is 0.486 e. The molecule has 2 aliphatic heterocycles. The number of nitrogens with one attached hydrogen (secondary N) is 1. The maximum atomic E-state index is 5.86. The van der Waals surface area contributed by atoms with E-state index in [1.807, 2.05) is 19.2 Å². The van der Waals surface area contributed by atoms with Gasteiger partial charge in [-0.15, -0.1) is 0 Å². The number of benzene rings is 1. The van der Waals surface area contributed by atoms with Crippen LogP contribution in [0.25, 0.3) is 0 Å². The third-order valence-corrected chi connectivity index (χ3v) is 4.19. The summed E-state index contributed by atoms with van der Waals surface area (Å²) in [5.41, 5.74) is 2.29. The van der Waals surface area contributed by atoms with Crippen LogP contribution in [-0.2, 0) is 11.3 Å². The number of fused-ring (bicyclic) bond motifs is 1. The molecule has 4 rings (SSSR count). The molecule has 0 unspecified atom stereocenters. The summed E-state index contributed by atoms with van der Waals surface area (Å²) in [4.78, 5) is 10.1. The van der Waals surface area contributed by atoms with Gasteiger partial charge in [-0.25, -0.2) is 4.98 Å². The molecule has 0 amide bonds. The lowest BCUT2D eigenvalue weighted by molar-refractivity contribution is -0.0369. The number of H-pyrrole nitrogens is 1. The van der Waals surface area contributed by atoms with Gasteiger partial charge in [-0.05, 0) is 24.6 Å². The molecule has 6 heteroatoms. The molecule has 23 heavy (non-hydrogen) atoms. The summed E-state index contributed by atoms with van der Waals surface area (Å²) in [5.74, 6) is 2.60. The van der Waals surface area contributed by atoms with Crippen LogP contribution < -0.4 is 9.47 Å². The second-order valence-corrected chi connectivity index (χ2v) is 6.02. The van der Waals surface area contributed by atoms with E-state index in [0.717, 1.165) is 49.3 Å². The van der Waals surface area contributed by atoms with Crippen LogP contribution >= 0.6 is 0 Å². The summed E-state index contributed by atoms with van der Waals surface area (Å²) in [7, 11) is 0. The van der Waals surface area contributed by atoms with Crippen LogP contribution in [-0.4, -0.2) is 47.8 Å². The van der Waals surface area contributed by atoms with E-state index < -0.39 is 0 Å². The number of hydrogen-bond acceptors (Lipinski definition) is 5. The number of nitrogens with zero attached hydrogens (tertiary/aromatic N) is 2. The Labute approximate surface area is 135 Å². The summed E-state index contributed by atoms with van der Waals surface area (Å²) in [6.45, 7) is 6.59. The molecule has 1 fully saturated rings. The SMILES string of the molecule is Cc1cnc([C@@H]2CN(Cc3ccc4c(c3)OCCO4)CCO2)[nH]1. The number of ether oxygens (including phenoxy) is 3. The Morgan fingerprint density at radius 2 is 2.09 bits per heavy atom. The Kier molecular flexibility index (Phi) is 3.93. The first-order valence-electron chi connectivity index (χ1n) is 8.02. The van der Waals surface area contributed by atoms with E-state index in [0.29, 0.717) is 13.2 Å². The maximum absolute atomic E-state index is 5.86. The Hall–Kier alpha value is -2.05. The van der Waals surface area contributed by atoms with Gasteiger partial charge in [0.1, 0.15) is 25.1 Å². The zero-order valence-corrected chi connectivity index (χ0v) is 13.2. The number of imidazole rings is 1. The maximum Gasteiger partial charge on any atom is 0.161 e. The van der Waals surface area contributed by atoms with Gasteiger partial charge in [0.25, 0.3) is 0 Å². The molecule has 0 bridgehead atoms. The average molecular weight is 315 g/mol. The molecule has 0 radical (unpaired) electrons. The first kappa shape index (κ1) is 14.5. The molecule has 1 aromatic carbocycles. The summed E-state index contributed by atoms with van der Waals surface area (Å²) in [6, 6.07) is 6.18. The zero-order valence-electron chi connectivity index (χ0n) is 13.2. The van der Waals surface area contributed by atoms with Crippen LogP contribution in [0.15, 0.2) is 24.4 Å². The Balaban J connectivity index is 1.44. The van der Waals surface area contributed by atoms with E-state index in [4.69, 9.17) is 14.2 Å². The highest BCUT2D eigenvalue weighted by Crippen LogP contribution is 2.31. The average Bonchev–Trinajstić information content (AvgIpc) is 3.02. The molecule has 1 aromatic heterocycles. The minimum Gasteiger partial charge on any atom is -0.486 e. The van der Waals surface area contributed by atoms with Crippen molar-refractivity contribution in [2.24, 2.45) is 0 Å². The van der Waals surface area contributed by atoms with Crippen molar-refractivity contribution < 1.29 is 14.2 Å². The summed E-state index contributed by atoms with van der Waals surface area (Å²) < 4.78 is 17.1. The molecular formula is C17H21N3O3. The van der Waals surface area contributed by atoms with Gasteiger partial charge < -0.3 is 19.2 Å². The Morgan fingerprint density at radius 1 is 1.22 bits per heavy atom. The van der Waals surface area contributed by atoms with E-state index in [1.165, 1.54) is 5.56 Å². The van der Waals surface area contributed by atoms with Gasteiger partial charge in [0.05, 0.1) is 6.61 Å². The summed E-state index contributed by atoms with van der Waals surface area (Å²) >= 11 is 0. The zero-order chi connectivity index (χ0) is 15.6. The van der Waals surface area contributed by atoms with Gasteiger partial charge in [0.2, 0.25) is 0 Å². The molecule has 122 valence electrons. The standard InChI is InChI=1S/C17H21N3O3/c1-12-9-18-17(19-12)16-11-20(4-5-21-16)10-13-2-3-14-15(8-13)23-7-6-22-14/h2-3,8-9,16H,4-7,10-11H2,1H3,(H,18,19)/t16-/m0/s1. The van der Waals surface area contributed by atoms with Crippen LogP contribution in [0.4, 0.5) is 0 Å². The van der Waals surface area contributed by atoms with Crippen molar-refractivity contribution in [2.45, 2.75) is 19.6 Å². The van der Waals surface area contributed by atoms with Crippen molar-refractivity contribution in [3.8, 4) is 11.5 Å². The van der Waals surface area contributed by atoms with Crippen molar-refractivity contribution in [3.63, 3.8) is 0 Å². The fourth-order valence-corrected chi connectivity index (χ4v) is 3.05. The van der Waals surface area contributed by atoms with Crippen molar-refractivity contribution in [1.29, 1.82) is 0 Å². The highest BCUT2D eigenvalue weighted by molar-refractivity contribution is 5.43. The van der Waals surface area contributed by atoms with Gasteiger partial charge >= 0.3 is 0 Å². The molecule has 3 heterocycles. The molecule has 1 N–H and O–H groups in total. The second kappa shape index (κ2) is 6.22. The van der Waals surface area contributed by atoms with Gasteiger partial charge in [0, 0.05) is 31.5 Å². The summed E-state index contributed by atoms with van der Waals surface area (Å²) in [5, 5.41) is 0. The lowest BCUT2D eigenvalue weighted by Gasteiger charge is -2.32. The van der Waals surface area contributed by atoms with Crippen molar-refractivity contribution >= 4 is 0 Å². The van der Waals surface area contributed by atoms with Crippen LogP contribution in [0.3, 0.4) is 0 Å². The Morgan fingerprint density at radius 3 is 2.91 bits per heavy atom. The van der Waals surface area contributed by atoms with Crippen molar-refractivity contribution in [3.05, 3.63) is 41.5 Å². The number of rotatable bonds is 3. The Bertz CT molecular complexity index is 685. The number of aromatic amines is 1. The first-order valence-corrected chi connectivity index (χ1v) is 8.02. The highest BCUT2D eigenvalue weighted by Gasteiger charge is 2.24. The van der Waals surface area contributed by atoms with Gasteiger partial charge in [-0.3, -0.25) is 4.90 Å². The predicted octanol–water partition coefficient (Wildman–Crippen LogP) is 2.06. The minimum absolute atomic E-state index is 0.00894. The third kappa shape index (κ3) is 3.18. The molecule has 6 nitrogen and oxygen atoms in total. The smallest absolute Gasteiger partial charge is 0.161 e. The van der Waals surface area contributed by atoms with Gasteiger partial charge in [-0.1, -0.05) is 6.07 Å². The van der Waals surface area contributed by atoms with Crippen molar-refractivity contribution in [2.75, 3.05) is 32.9 Å². The number of aromatic nitrogens is 2. The molecule has 2 aliphatic rings. The molecule has 0 saturated carbocycles. The van der Waals surface area contributed by atoms with Crippen LogP contribution in [0, 0.1) is 6.92 Å². The molecule has 1 atom stereocenters. The second-order valence-electron chi connectivity index (χ2n) is 6.02. The molecule has 1 saturated heterocycles. The molecule has 2 aromatic rings. The van der Waals surface area contributed by atoms with E-state index in [2.05, 4.69) is 27.0 Å². The predicted molar refractivity (Wildman–Crippen MR) is 84.7 cm³/mol. The quantitative estimate of drug-likeness (QED) is 0.939. The van der Waals surface area contributed by atoms with Gasteiger partial charge in [-0.2, -0.15) is 0 Å². The summed E-state index contributed by atoms with van der Waals surface area (Å²) in [6.07, 6.45) is 1.85. The first-order chi connectivity index (χ1) is 11.3. The minimum atomic E-state index is 0.00894. The lowest BCUT2D eigenvalue weighted by Crippen LogP contribution is -2.38. The lowest BCUT2D eigenvalue weighted by atomic mass is 10.1. The van der Waals surface area contributed by atoms with Crippen molar-refractivity contribution in [1.82, 2.24) is 14.9 Å². The number of morpholine rings is 1. The fourth-order valence-electron chi connectivity index (χ4n) is 3.05. The van der Waals surface area contributed by atoms with Crippen LogP contribution in [0.1, 0.15) is 23.2 Å². The molecule has 0 aliphatic carbocycles. The normalized spacial score (nSPS) is 21.3. The highest BCUT2D eigenvalue weighted by atomic mass is 16.6. The number of hydrogen-bond donors (Lipinski definition) is 1. The molecular weight excluding hydrogens is 294 g/mol. The molecule has 0 spiro atoms. The third-order valence-electron chi connectivity index (χ3n) is 4.19. The van der Waals surface area contributed by atoms with E-state index >= 15 is 0 Å². The van der Waals surface area contributed by atoms with E-state index in [9.17, 15) is 0 Å². The fraction of sp³-hybridized carbons (Fsp3) is 0.471.